The zero-order valence-electron chi connectivity index (χ0n) is 9.19. The molecule has 0 bridgehead atoms. The van der Waals surface area contributed by atoms with Crippen LogP contribution in [0.3, 0.4) is 0 Å². The highest BCUT2D eigenvalue weighted by atomic mass is 32.2. The van der Waals surface area contributed by atoms with E-state index in [1.165, 1.54) is 0 Å². The topological polar surface area (TPSA) is 61.4 Å². The lowest BCUT2D eigenvalue weighted by Gasteiger charge is -2.01. The first-order valence-corrected chi connectivity index (χ1v) is 6.08. The van der Waals surface area contributed by atoms with Crippen LogP contribution < -0.4 is 0 Å². The van der Waals surface area contributed by atoms with Crippen molar-refractivity contribution in [3.05, 3.63) is 30.6 Å². The number of hydrogen-bond donors (Lipinski definition) is 0. The van der Waals surface area contributed by atoms with Crippen molar-refractivity contribution >= 4 is 22.8 Å². The van der Waals surface area contributed by atoms with Gasteiger partial charge in [0.05, 0.1) is 11.4 Å². The second-order valence-corrected chi connectivity index (χ2v) is 4.49. The molecule has 17 heavy (non-hydrogen) atoms. The predicted octanol–water partition coefficient (Wildman–Crippen LogP) is 1.31. The zero-order valence-corrected chi connectivity index (χ0v) is 10.0. The Morgan fingerprint density at radius 2 is 2.12 bits per heavy atom. The zero-order chi connectivity index (χ0) is 11.7. The molecule has 0 fully saturated rings. The van der Waals surface area contributed by atoms with E-state index in [0.717, 1.165) is 16.2 Å². The fourth-order valence-corrected chi connectivity index (χ4v) is 2.32. The number of thioether (sulfide) groups is 1. The maximum Gasteiger partial charge on any atom is 0.192 e. The van der Waals surface area contributed by atoms with Crippen molar-refractivity contribution in [3.8, 4) is 0 Å². The van der Waals surface area contributed by atoms with Crippen molar-refractivity contribution in [1.29, 1.82) is 0 Å². The van der Waals surface area contributed by atoms with Gasteiger partial charge in [-0.3, -0.25) is 0 Å². The summed E-state index contributed by atoms with van der Waals surface area (Å²) in [5.74, 6) is 0.674. The number of benzene rings is 1. The van der Waals surface area contributed by atoms with E-state index >= 15 is 0 Å². The smallest absolute Gasteiger partial charge is 0.192 e. The quantitative estimate of drug-likeness (QED) is 0.652. The molecular formula is C10H10N6S. The number of fused-ring (bicyclic) bond motifs is 1. The summed E-state index contributed by atoms with van der Waals surface area (Å²) >= 11 is 1.58. The van der Waals surface area contributed by atoms with Crippen molar-refractivity contribution < 1.29 is 0 Å². The summed E-state index contributed by atoms with van der Waals surface area (Å²) in [5, 5.41) is 16.9. The molecule has 2 heterocycles. The highest BCUT2D eigenvalue weighted by molar-refractivity contribution is 7.98. The monoisotopic (exact) mass is 246 g/mol. The molecule has 0 spiro atoms. The van der Waals surface area contributed by atoms with E-state index < -0.39 is 0 Å². The van der Waals surface area contributed by atoms with Gasteiger partial charge in [-0.05, 0) is 12.1 Å². The minimum atomic E-state index is 0.674. The Morgan fingerprint density at radius 3 is 2.94 bits per heavy atom. The van der Waals surface area contributed by atoms with Gasteiger partial charge in [0.2, 0.25) is 0 Å². The lowest BCUT2D eigenvalue weighted by Crippen LogP contribution is -1.98. The SMILES string of the molecule is Cn1cnnc1SCn1nnc2ccccc21. The van der Waals surface area contributed by atoms with Crippen LogP contribution in [0.2, 0.25) is 0 Å². The third-order valence-electron chi connectivity index (χ3n) is 2.41. The van der Waals surface area contributed by atoms with Gasteiger partial charge < -0.3 is 4.57 Å². The van der Waals surface area contributed by atoms with Crippen LogP contribution in [0, 0.1) is 0 Å². The third kappa shape index (κ3) is 1.89. The summed E-state index contributed by atoms with van der Waals surface area (Å²) in [4.78, 5) is 0. The number of nitrogens with zero attached hydrogens (tertiary/aromatic N) is 6. The molecular weight excluding hydrogens is 236 g/mol. The van der Waals surface area contributed by atoms with E-state index in [9.17, 15) is 0 Å². The third-order valence-corrected chi connectivity index (χ3v) is 3.41. The molecule has 0 saturated carbocycles. The van der Waals surface area contributed by atoms with Gasteiger partial charge in [0, 0.05) is 7.05 Å². The number of aromatic nitrogens is 6. The predicted molar refractivity (Wildman–Crippen MR) is 64.4 cm³/mol. The minimum Gasteiger partial charge on any atom is -0.312 e. The Bertz CT molecular complexity index is 643. The lowest BCUT2D eigenvalue weighted by molar-refractivity contribution is 0.714. The Balaban J connectivity index is 1.84. The Hall–Kier alpha value is -1.89. The largest absolute Gasteiger partial charge is 0.312 e. The van der Waals surface area contributed by atoms with Crippen LogP contribution in [-0.4, -0.2) is 29.8 Å². The molecule has 0 unspecified atom stereocenters. The molecule has 0 amide bonds. The van der Waals surface area contributed by atoms with Crippen molar-refractivity contribution in [2.45, 2.75) is 11.0 Å². The first kappa shape index (κ1) is 10.3. The van der Waals surface area contributed by atoms with E-state index in [0.29, 0.717) is 5.88 Å². The lowest BCUT2D eigenvalue weighted by atomic mass is 10.3. The molecule has 3 aromatic rings. The maximum absolute atomic E-state index is 4.11. The molecule has 0 aliphatic carbocycles. The van der Waals surface area contributed by atoms with Crippen LogP contribution in [0.1, 0.15) is 0 Å². The van der Waals surface area contributed by atoms with Gasteiger partial charge >= 0.3 is 0 Å². The van der Waals surface area contributed by atoms with Gasteiger partial charge in [-0.1, -0.05) is 29.1 Å². The average Bonchev–Trinajstić information content (AvgIpc) is 2.93. The van der Waals surface area contributed by atoms with Crippen molar-refractivity contribution in [3.63, 3.8) is 0 Å². The van der Waals surface area contributed by atoms with Gasteiger partial charge in [0.1, 0.15) is 11.8 Å². The number of para-hydroxylation sites is 1. The number of aryl methyl sites for hydroxylation is 1. The summed E-state index contributed by atoms with van der Waals surface area (Å²) in [6.07, 6.45) is 1.68. The summed E-state index contributed by atoms with van der Waals surface area (Å²) in [6.45, 7) is 0. The van der Waals surface area contributed by atoms with Gasteiger partial charge in [0.15, 0.2) is 5.16 Å². The van der Waals surface area contributed by atoms with Crippen molar-refractivity contribution in [2.75, 3.05) is 0 Å². The van der Waals surface area contributed by atoms with Crippen LogP contribution >= 0.6 is 11.8 Å². The normalized spacial score (nSPS) is 11.1. The molecule has 0 radical (unpaired) electrons. The second-order valence-electron chi connectivity index (χ2n) is 3.58. The molecule has 2 aromatic heterocycles. The Morgan fingerprint density at radius 1 is 1.24 bits per heavy atom. The highest BCUT2D eigenvalue weighted by Crippen LogP contribution is 2.18. The molecule has 0 aliphatic heterocycles. The summed E-state index contributed by atoms with van der Waals surface area (Å²) in [7, 11) is 1.92. The van der Waals surface area contributed by atoms with Gasteiger partial charge in [-0.2, -0.15) is 0 Å². The molecule has 6 nitrogen and oxygen atoms in total. The molecule has 3 rings (SSSR count). The molecule has 1 aromatic carbocycles. The Labute approximate surface area is 102 Å². The Kier molecular flexibility index (Phi) is 2.52. The number of rotatable bonds is 3. The van der Waals surface area contributed by atoms with Crippen LogP contribution in [0.4, 0.5) is 0 Å². The first-order valence-electron chi connectivity index (χ1n) is 5.09. The van der Waals surface area contributed by atoms with Crippen LogP contribution in [0.25, 0.3) is 11.0 Å². The average molecular weight is 246 g/mol. The molecule has 7 heteroatoms. The van der Waals surface area contributed by atoms with Crippen molar-refractivity contribution in [2.24, 2.45) is 7.05 Å². The molecule has 86 valence electrons. The second kappa shape index (κ2) is 4.17. The fraction of sp³-hybridized carbons (Fsp3) is 0.200. The van der Waals surface area contributed by atoms with Gasteiger partial charge in [-0.15, -0.1) is 15.3 Å². The van der Waals surface area contributed by atoms with Crippen LogP contribution in [0.5, 0.6) is 0 Å². The molecule has 0 atom stereocenters. The minimum absolute atomic E-state index is 0.674. The fourth-order valence-electron chi connectivity index (χ4n) is 1.53. The van der Waals surface area contributed by atoms with Gasteiger partial charge in [0.25, 0.3) is 0 Å². The van der Waals surface area contributed by atoms with E-state index in [1.54, 1.807) is 18.1 Å². The standard InChI is InChI=1S/C10H10N6S/c1-15-6-11-13-10(15)17-7-16-9-5-3-2-4-8(9)12-14-16/h2-6H,7H2,1H3. The maximum atomic E-state index is 4.11. The molecule has 0 saturated heterocycles. The first-order chi connectivity index (χ1) is 8.34. The highest BCUT2D eigenvalue weighted by Gasteiger charge is 2.06. The summed E-state index contributed by atoms with van der Waals surface area (Å²) in [6, 6.07) is 7.89. The number of hydrogen-bond acceptors (Lipinski definition) is 5. The van der Waals surface area contributed by atoms with Crippen molar-refractivity contribution in [1.82, 2.24) is 29.8 Å². The van der Waals surface area contributed by atoms with E-state index in [4.69, 9.17) is 0 Å². The van der Waals surface area contributed by atoms with E-state index in [2.05, 4.69) is 20.5 Å². The van der Waals surface area contributed by atoms with Crippen LogP contribution in [0.15, 0.2) is 35.7 Å². The molecule has 0 N–H and O–H groups in total. The van der Waals surface area contributed by atoms with Gasteiger partial charge in [-0.25, -0.2) is 4.68 Å². The molecule has 0 aliphatic rings. The van der Waals surface area contributed by atoms with E-state index in [1.807, 2.05) is 40.6 Å². The van der Waals surface area contributed by atoms with E-state index in [-0.39, 0.29) is 0 Å². The van der Waals surface area contributed by atoms with Crippen LogP contribution in [-0.2, 0) is 12.9 Å². The summed E-state index contributed by atoms with van der Waals surface area (Å²) < 4.78 is 3.73. The summed E-state index contributed by atoms with van der Waals surface area (Å²) in [5.41, 5.74) is 1.94.